The predicted molar refractivity (Wildman–Crippen MR) is 76.2 cm³/mol. The quantitative estimate of drug-likeness (QED) is 0.846. The third-order valence-electron chi connectivity index (χ3n) is 3.20. The zero-order valence-electron chi connectivity index (χ0n) is 10.9. The Bertz CT molecular complexity index is 394. The number of rotatable bonds is 6. The summed E-state index contributed by atoms with van der Waals surface area (Å²) in [6.07, 6.45) is 0.408. The van der Waals surface area contributed by atoms with Gasteiger partial charge in [-0.1, -0.05) is 31.9 Å². The molecule has 3 nitrogen and oxygen atoms in total. The summed E-state index contributed by atoms with van der Waals surface area (Å²) in [4.78, 5) is 12.8. The number of aliphatic hydroxyl groups excluding tert-OH is 1. The highest BCUT2D eigenvalue weighted by molar-refractivity contribution is 7.16. The molecule has 1 amide bonds. The molecule has 0 radical (unpaired) electrons. The van der Waals surface area contributed by atoms with E-state index in [2.05, 4.69) is 5.32 Å². The average Bonchev–Trinajstić information content (AvgIpc) is 2.80. The van der Waals surface area contributed by atoms with E-state index in [1.165, 1.54) is 11.3 Å². The maximum Gasteiger partial charge on any atom is 0.228 e. The van der Waals surface area contributed by atoms with Crippen molar-refractivity contribution in [1.82, 2.24) is 5.32 Å². The molecule has 0 aliphatic carbocycles. The molecule has 0 saturated carbocycles. The summed E-state index contributed by atoms with van der Waals surface area (Å²) < 4.78 is 0.685. The zero-order valence-corrected chi connectivity index (χ0v) is 12.5. The van der Waals surface area contributed by atoms with Gasteiger partial charge in [-0.05, 0) is 25.0 Å². The maximum atomic E-state index is 11.9. The van der Waals surface area contributed by atoms with Crippen LogP contribution >= 0.6 is 22.9 Å². The highest BCUT2D eigenvalue weighted by Crippen LogP contribution is 2.28. The number of carbonyl (C=O) groups is 1. The fourth-order valence-corrected chi connectivity index (χ4v) is 2.63. The number of hydrogen-bond acceptors (Lipinski definition) is 3. The summed E-state index contributed by atoms with van der Waals surface area (Å²) in [7, 11) is 0. The first-order valence-electron chi connectivity index (χ1n) is 6.16. The SMILES string of the molecule is CCC(C)C(O)CNC(=O)C(C)c1ccc(Cl)s1. The first-order chi connectivity index (χ1) is 8.45. The lowest BCUT2D eigenvalue weighted by molar-refractivity contribution is -0.122. The van der Waals surface area contributed by atoms with Crippen molar-refractivity contribution < 1.29 is 9.90 Å². The summed E-state index contributed by atoms with van der Waals surface area (Å²) in [6, 6.07) is 3.65. The zero-order chi connectivity index (χ0) is 13.7. The van der Waals surface area contributed by atoms with Gasteiger partial charge in [0.25, 0.3) is 0 Å². The second kappa shape index (κ2) is 7.12. The van der Waals surface area contributed by atoms with Crippen LogP contribution in [0.3, 0.4) is 0 Å². The predicted octanol–water partition coefficient (Wildman–Crippen LogP) is 3.03. The highest BCUT2D eigenvalue weighted by atomic mass is 35.5. The number of thiophene rings is 1. The van der Waals surface area contributed by atoms with Crippen LogP contribution in [-0.2, 0) is 4.79 Å². The number of aliphatic hydroxyl groups is 1. The van der Waals surface area contributed by atoms with Gasteiger partial charge in [0.1, 0.15) is 0 Å². The molecule has 0 aliphatic heterocycles. The molecule has 5 heteroatoms. The smallest absolute Gasteiger partial charge is 0.228 e. The van der Waals surface area contributed by atoms with Gasteiger partial charge in [0, 0.05) is 11.4 Å². The molecule has 3 atom stereocenters. The van der Waals surface area contributed by atoms with Crippen LogP contribution < -0.4 is 5.32 Å². The van der Waals surface area contributed by atoms with E-state index in [0.717, 1.165) is 11.3 Å². The normalized spacial score (nSPS) is 16.1. The number of nitrogens with one attached hydrogen (secondary N) is 1. The first kappa shape index (κ1) is 15.5. The maximum absolute atomic E-state index is 11.9. The Kier molecular flexibility index (Phi) is 6.12. The lowest BCUT2D eigenvalue weighted by atomic mass is 10.0. The van der Waals surface area contributed by atoms with Gasteiger partial charge in [0.05, 0.1) is 16.4 Å². The van der Waals surface area contributed by atoms with Crippen molar-refractivity contribution in [3.05, 3.63) is 21.3 Å². The van der Waals surface area contributed by atoms with Crippen LogP contribution in [0.2, 0.25) is 4.34 Å². The van der Waals surface area contributed by atoms with Gasteiger partial charge in [-0.2, -0.15) is 0 Å². The fourth-order valence-electron chi connectivity index (χ4n) is 1.52. The van der Waals surface area contributed by atoms with Gasteiger partial charge in [-0.25, -0.2) is 0 Å². The van der Waals surface area contributed by atoms with Crippen molar-refractivity contribution in [3.63, 3.8) is 0 Å². The van der Waals surface area contributed by atoms with Crippen LogP contribution in [0.4, 0.5) is 0 Å². The van der Waals surface area contributed by atoms with Crippen LogP contribution in [-0.4, -0.2) is 23.7 Å². The van der Waals surface area contributed by atoms with Crippen LogP contribution in [0.5, 0.6) is 0 Å². The van der Waals surface area contributed by atoms with Crippen molar-refractivity contribution in [2.45, 2.75) is 39.2 Å². The van der Waals surface area contributed by atoms with Gasteiger partial charge in [-0.3, -0.25) is 4.79 Å². The lowest BCUT2D eigenvalue weighted by Crippen LogP contribution is -2.37. The molecule has 0 fully saturated rings. The average molecular weight is 290 g/mol. The molecule has 2 N–H and O–H groups in total. The number of carbonyl (C=O) groups excluding carboxylic acids is 1. The van der Waals surface area contributed by atoms with E-state index in [0.29, 0.717) is 10.9 Å². The second-order valence-electron chi connectivity index (χ2n) is 4.56. The standard InChI is InChI=1S/C13H20ClNO2S/c1-4-8(2)10(16)7-15-13(17)9(3)11-5-6-12(14)18-11/h5-6,8-10,16H,4,7H2,1-3H3,(H,15,17). The largest absolute Gasteiger partial charge is 0.391 e. The van der Waals surface area contributed by atoms with Gasteiger partial charge < -0.3 is 10.4 Å². The fraction of sp³-hybridized carbons (Fsp3) is 0.615. The molecule has 0 aromatic carbocycles. The van der Waals surface area contributed by atoms with E-state index < -0.39 is 6.10 Å². The van der Waals surface area contributed by atoms with Crippen molar-refractivity contribution in [2.75, 3.05) is 6.54 Å². The third-order valence-corrected chi connectivity index (χ3v) is 4.61. The van der Waals surface area contributed by atoms with Gasteiger partial charge in [0.2, 0.25) is 5.91 Å². The Morgan fingerprint density at radius 3 is 2.67 bits per heavy atom. The van der Waals surface area contributed by atoms with Gasteiger partial charge in [-0.15, -0.1) is 11.3 Å². The lowest BCUT2D eigenvalue weighted by Gasteiger charge is -2.18. The molecule has 18 heavy (non-hydrogen) atoms. The summed E-state index contributed by atoms with van der Waals surface area (Å²) in [5.41, 5.74) is 0. The molecule has 102 valence electrons. The molecule has 1 rings (SSSR count). The molecule has 0 bridgehead atoms. The Balaban J connectivity index is 2.46. The molecular weight excluding hydrogens is 270 g/mol. The van der Waals surface area contributed by atoms with Crippen molar-refractivity contribution in [2.24, 2.45) is 5.92 Å². The third kappa shape index (κ3) is 4.26. The van der Waals surface area contributed by atoms with Crippen LogP contribution in [0, 0.1) is 5.92 Å². The molecule has 0 aliphatic rings. The minimum atomic E-state index is -0.488. The molecule has 1 heterocycles. The van der Waals surface area contributed by atoms with E-state index in [1.54, 1.807) is 6.07 Å². The van der Waals surface area contributed by atoms with Crippen LogP contribution in [0.25, 0.3) is 0 Å². The number of halogens is 1. The van der Waals surface area contributed by atoms with E-state index in [9.17, 15) is 9.90 Å². The van der Waals surface area contributed by atoms with E-state index in [-0.39, 0.29) is 17.7 Å². The Labute approximate surface area is 117 Å². The summed E-state index contributed by atoms with van der Waals surface area (Å²) in [5, 5.41) is 12.6. The van der Waals surface area contributed by atoms with Crippen molar-refractivity contribution >= 4 is 28.8 Å². The van der Waals surface area contributed by atoms with E-state index >= 15 is 0 Å². The summed E-state index contributed by atoms with van der Waals surface area (Å²) in [5.74, 6) is -0.112. The minimum Gasteiger partial charge on any atom is -0.391 e. The molecule has 3 unspecified atom stereocenters. The molecular formula is C13H20ClNO2S. The Morgan fingerprint density at radius 2 is 2.17 bits per heavy atom. The molecule has 0 spiro atoms. The number of hydrogen-bond donors (Lipinski definition) is 2. The summed E-state index contributed by atoms with van der Waals surface area (Å²) in [6.45, 7) is 6.13. The van der Waals surface area contributed by atoms with E-state index in [4.69, 9.17) is 11.6 Å². The molecule has 1 aromatic heterocycles. The topological polar surface area (TPSA) is 49.3 Å². The van der Waals surface area contributed by atoms with Gasteiger partial charge in [0.15, 0.2) is 0 Å². The molecule has 1 aromatic rings. The molecule has 0 saturated heterocycles. The highest BCUT2D eigenvalue weighted by Gasteiger charge is 2.19. The first-order valence-corrected chi connectivity index (χ1v) is 7.36. The van der Waals surface area contributed by atoms with Crippen LogP contribution in [0.15, 0.2) is 12.1 Å². The Morgan fingerprint density at radius 1 is 1.50 bits per heavy atom. The monoisotopic (exact) mass is 289 g/mol. The van der Waals surface area contributed by atoms with Crippen molar-refractivity contribution in [1.29, 1.82) is 0 Å². The summed E-state index contributed by atoms with van der Waals surface area (Å²) >= 11 is 7.26. The van der Waals surface area contributed by atoms with E-state index in [1.807, 2.05) is 26.8 Å². The van der Waals surface area contributed by atoms with Gasteiger partial charge >= 0.3 is 0 Å². The van der Waals surface area contributed by atoms with Crippen LogP contribution in [0.1, 0.15) is 38.0 Å². The van der Waals surface area contributed by atoms with Crippen molar-refractivity contribution in [3.8, 4) is 0 Å². The Hall–Kier alpha value is -0.580. The second-order valence-corrected chi connectivity index (χ2v) is 6.31. The minimum absolute atomic E-state index is 0.0733. The number of amides is 1.